The highest BCUT2D eigenvalue weighted by Gasteiger charge is 2.15. The van der Waals surface area contributed by atoms with E-state index in [1.165, 1.54) is 0 Å². The fraction of sp³-hybridized carbons (Fsp3) is 0.346. The van der Waals surface area contributed by atoms with Crippen LogP contribution in [-0.2, 0) is 16.0 Å². The minimum absolute atomic E-state index is 0. The number of ether oxygens (including phenoxy) is 2. The van der Waals surface area contributed by atoms with Crippen molar-refractivity contribution >= 4 is 58.7 Å². The summed E-state index contributed by atoms with van der Waals surface area (Å²) in [7, 11) is 0. The van der Waals surface area contributed by atoms with Crippen molar-refractivity contribution in [2.75, 3.05) is 55.4 Å². The van der Waals surface area contributed by atoms with Gasteiger partial charge in [0.2, 0.25) is 11.9 Å². The zero-order valence-electron chi connectivity index (χ0n) is 20.3. The molecule has 3 heterocycles. The number of nitrogens with one attached hydrogen (secondary N) is 3. The highest BCUT2D eigenvalue weighted by Crippen LogP contribution is 2.31. The largest absolute Gasteiger partial charge is 0.490 e. The first kappa shape index (κ1) is 26.9. The summed E-state index contributed by atoms with van der Waals surface area (Å²) in [6.45, 7) is 4.78. The van der Waals surface area contributed by atoms with Gasteiger partial charge in [-0.05, 0) is 42.7 Å². The summed E-state index contributed by atoms with van der Waals surface area (Å²) >= 11 is 6.41. The highest BCUT2D eigenvalue weighted by molar-refractivity contribution is 6.33. The Balaban J connectivity index is 0.00000320. The summed E-state index contributed by atoms with van der Waals surface area (Å²) in [6.07, 6.45) is 3.80. The molecule has 3 N–H and O–H groups in total. The first-order chi connectivity index (χ1) is 17.6. The Kier molecular flexibility index (Phi) is 9.40. The molecule has 9 nitrogen and oxygen atoms in total. The van der Waals surface area contributed by atoms with Gasteiger partial charge in [0.1, 0.15) is 17.4 Å². The van der Waals surface area contributed by atoms with Crippen molar-refractivity contribution in [3.05, 3.63) is 59.2 Å². The summed E-state index contributed by atoms with van der Waals surface area (Å²) in [5.41, 5.74) is 3.48. The molecule has 1 amide bonds. The van der Waals surface area contributed by atoms with Crippen LogP contribution in [0.1, 0.15) is 18.4 Å². The SMILES string of the molecule is Cl.O=C1CCCc2ccc(Nc3ncc(Cl)c(Nc4ccccc4OCCN4CCOCC4)n3)cc2N1. The highest BCUT2D eigenvalue weighted by atomic mass is 35.5. The van der Waals surface area contributed by atoms with Gasteiger partial charge in [0.25, 0.3) is 0 Å². The molecule has 5 rings (SSSR count). The molecule has 1 fully saturated rings. The van der Waals surface area contributed by atoms with Gasteiger partial charge in [-0.2, -0.15) is 4.98 Å². The number of anilines is 5. The number of aryl methyl sites for hydroxylation is 1. The van der Waals surface area contributed by atoms with E-state index in [-0.39, 0.29) is 18.3 Å². The molecule has 2 aliphatic heterocycles. The van der Waals surface area contributed by atoms with E-state index in [1.807, 2.05) is 42.5 Å². The second kappa shape index (κ2) is 12.9. The van der Waals surface area contributed by atoms with Crippen LogP contribution in [0.2, 0.25) is 5.02 Å². The molecule has 1 saturated heterocycles. The van der Waals surface area contributed by atoms with Crippen LogP contribution in [0.15, 0.2) is 48.7 Å². The molecule has 0 spiro atoms. The van der Waals surface area contributed by atoms with Crippen LogP contribution in [-0.4, -0.2) is 60.2 Å². The van der Waals surface area contributed by atoms with E-state index in [0.717, 1.165) is 74.1 Å². The zero-order chi connectivity index (χ0) is 24.7. The van der Waals surface area contributed by atoms with E-state index in [1.54, 1.807) is 6.20 Å². The van der Waals surface area contributed by atoms with Crippen LogP contribution in [0.4, 0.5) is 28.8 Å². The number of para-hydroxylation sites is 2. The smallest absolute Gasteiger partial charge is 0.229 e. The topological polar surface area (TPSA) is 101 Å². The lowest BCUT2D eigenvalue weighted by molar-refractivity contribution is -0.116. The fourth-order valence-electron chi connectivity index (χ4n) is 4.22. The van der Waals surface area contributed by atoms with Crippen molar-refractivity contribution < 1.29 is 14.3 Å². The molecule has 11 heteroatoms. The molecule has 2 aliphatic rings. The van der Waals surface area contributed by atoms with Crippen molar-refractivity contribution in [1.82, 2.24) is 14.9 Å². The number of amides is 1. The molecule has 37 heavy (non-hydrogen) atoms. The van der Waals surface area contributed by atoms with E-state index in [0.29, 0.717) is 29.8 Å². The Morgan fingerprint density at radius 3 is 2.81 bits per heavy atom. The molecule has 196 valence electrons. The molecule has 0 aliphatic carbocycles. The number of benzene rings is 2. The van der Waals surface area contributed by atoms with Crippen LogP contribution in [0.5, 0.6) is 5.75 Å². The van der Waals surface area contributed by atoms with E-state index < -0.39 is 0 Å². The average Bonchev–Trinajstić information content (AvgIpc) is 3.08. The van der Waals surface area contributed by atoms with E-state index in [2.05, 4.69) is 30.8 Å². The van der Waals surface area contributed by atoms with Gasteiger partial charge in [-0.1, -0.05) is 29.8 Å². The summed E-state index contributed by atoms with van der Waals surface area (Å²) in [5, 5.41) is 9.85. The maximum Gasteiger partial charge on any atom is 0.229 e. The lowest BCUT2D eigenvalue weighted by Gasteiger charge is -2.26. The predicted molar refractivity (Wildman–Crippen MR) is 148 cm³/mol. The van der Waals surface area contributed by atoms with Crippen molar-refractivity contribution in [3.63, 3.8) is 0 Å². The van der Waals surface area contributed by atoms with E-state index in [9.17, 15) is 4.79 Å². The molecule has 3 aromatic rings. The Labute approximate surface area is 227 Å². The number of halogens is 2. The normalized spacial score (nSPS) is 15.5. The van der Waals surface area contributed by atoms with Crippen LogP contribution < -0.4 is 20.7 Å². The van der Waals surface area contributed by atoms with E-state index in [4.69, 9.17) is 21.1 Å². The summed E-state index contributed by atoms with van der Waals surface area (Å²) in [4.78, 5) is 23.2. The van der Waals surface area contributed by atoms with Gasteiger partial charge in [0.05, 0.1) is 25.1 Å². The van der Waals surface area contributed by atoms with Gasteiger partial charge in [-0.25, -0.2) is 4.98 Å². The lowest BCUT2D eigenvalue weighted by atomic mass is 10.1. The summed E-state index contributed by atoms with van der Waals surface area (Å²) in [6, 6.07) is 13.6. The standard InChI is InChI=1S/C26H29ClN6O3.ClH/c27-20-17-28-26(29-19-9-8-18-4-3-7-24(34)30-22(18)16-19)32-25(20)31-21-5-1-2-6-23(21)36-15-12-33-10-13-35-14-11-33;/h1-2,5-6,8-9,16-17H,3-4,7,10-15H2,(H,30,34)(H2,28,29,31,32);1H. The van der Waals surface area contributed by atoms with Gasteiger partial charge < -0.3 is 25.4 Å². The number of morpholine rings is 1. The van der Waals surface area contributed by atoms with Gasteiger partial charge in [-0.15, -0.1) is 12.4 Å². The summed E-state index contributed by atoms with van der Waals surface area (Å²) in [5.74, 6) is 1.59. The number of fused-ring (bicyclic) bond motifs is 1. The molecule has 0 saturated carbocycles. The number of carbonyl (C=O) groups excluding carboxylic acids is 1. The van der Waals surface area contributed by atoms with Gasteiger partial charge >= 0.3 is 0 Å². The Morgan fingerprint density at radius 2 is 1.95 bits per heavy atom. The maximum absolute atomic E-state index is 11.9. The minimum Gasteiger partial charge on any atom is -0.490 e. The van der Waals surface area contributed by atoms with Crippen molar-refractivity contribution in [1.29, 1.82) is 0 Å². The Bertz CT molecular complexity index is 1220. The second-order valence-corrected chi connectivity index (χ2v) is 9.12. The van der Waals surface area contributed by atoms with Crippen LogP contribution in [0.3, 0.4) is 0 Å². The molecule has 0 radical (unpaired) electrons. The Morgan fingerprint density at radius 1 is 1.11 bits per heavy atom. The molecule has 0 bridgehead atoms. The fourth-order valence-corrected chi connectivity index (χ4v) is 4.36. The number of carbonyl (C=O) groups is 1. The molecular weight excluding hydrogens is 515 g/mol. The molecule has 1 aromatic heterocycles. The monoisotopic (exact) mass is 544 g/mol. The second-order valence-electron chi connectivity index (χ2n) is 8.71. The molecular formula is C26H30Cl2N6O3. The maximum atomic E-state index is 11.9. The predicted octanol–water partition coefficient (Wildman–Crippen LogP) is 5.02. The lowest BCUT2D eigenvalue weighted by Crippen LogP contribution is -2.38. The minimum atomic E-state index is 0. The van der Waals surface area contributed by atoms with Crippen molar-refractivity contribution in [3.8, 4) is 5.75 Å². The van der Waals surface area contributed by atoms with Crippen LogP contribution >= 0.6 is 24.0 Å². The molecule has 0 unspecified atom stereocenters. The zero-order valence-corrected chi connectivity index (χ0v) is 21.9. The van der Waals surface area contributed by atoms with Gasteiger partial charge in [0, 0.05) is 37.4 Å². The number of nitrogens with zero attached hydrogens (tertiary/aromatic N) is 3. The number of hydrogen-bond donors (Lipinski definition) is 3. The van der Waals surface area contributed by atoms with Crippen LogP contribution in [0, 0.1) is 0 Å². The third-order valence-electron chi connectivity index (χ3n) is 6.14. The first-order valence-electron chi connectivity index (χ1n) is 12.2. The van der Waals surface area contributed by atoms with Crippen molar-refractivity contribution in [2.45, 2.75) is 19.3 Å². The van der Waals surface area contributed by atoms with Gasteiger partial charge in [0.15, 0.2) is 5.82 Å². The number of hydrogen-bond acceptors (Lipinski definition) is 8. The van der Waals surface area contributed by atoms with Crippen LogP contribution in [0.25, 0.3) is 0 Å². The van der Waals surface area contributed by atoms with E-state index >= 15 is 0 Å². The van der Waals surface area contributed by atoms with Crippen molar-refractivity contribution in [2.24, 2.45) is 0 Å². The average molecular weight is 545 g/mol. The first-order valence-corrected chi connectivity index (χ1v) is 12.5. The number of rotatable bonds is 8. The third kappa shape index (κ3) is 7.23. The number of aromatic nitrogens is 2. The molecule has 0 atom stereocenters. The Hall–Kier alpha value is -3.11. The third-order valence-corrected chi connectivity index (χ3v) is 6.42. The summed E-state index contributed by atoms with van der Waals surface area (Å²) < 4.78 is 11.5. The molecule has 2 aromatic carbocycles. The quantitative estimate of drug-likeness (QED) is 0.363. The van der Waals surface area contributed by atoms with Gasteiger partial charge in [-0.3, -0.25) is 9.69 Å².